The van der Waals surface area contributed by atoms with Crippen molar-refractivity contribution in [3.63, 3.8) is 0 Å². The molecule has 0 aromatic heterocycles. The first-order chi connectivity index (χ1) is 5.27. The normalized spacial score (nSPS) is 31.7. The van der Waals surface area contributed by atoms with Crippen LogP contribution >= 0.6 is 0 Å². The van der Waals surface area contributed by atoms with Crippen molar-refractivity contribution in [1.29, 1.82) is 0 Å². The predicted molar refractivity (Wildman–Crippen MR) is 40.1 cm³/mol. The summed E-state index contributed by atoms with van der Waals surface area (Å²) < 4.78 is 0. The van der Waals surface area contributed by atoms with Gasteiger partial charge in [0.05, 0.1) is 6.04 Å². The van der Waals surface area contributed by atoms with Crippen molar-refractivity contribution in [2.45, 2.75) is 18.5 Å². The van der Waals surface area contributed by atoms with Gasteiger partial charge in [-0.1, -0.05) is 0 Å². The number of hydrogen-bond donors (Lipinski definition) is 1. The maximum Gasteiger partial charge on any atom is 0.207 e. The highest BCUT2D eigenvalue weighted by molar-refractivity contribution is 5.59. The first kappa shape index (κ1) is 8.20. The zero-order chi connectivity index (χ0) is 8.27. The van der Waals surface area contributed by atoms with Gasteiger partial charge in [0, 0.05) is 12.6 Å². The molecule has 4 nitrogen and oxygen atoms in total. The van der Waals surface area contributed by atoms with Gasteiger partial charge in [-0.2, -0.15) is 0 Å². The Morgan fingerprint density at radius 3 is 2.73 bits per heavy atom. The van der Waals surface area contributed by atoms with Crippen molar-refractivity contribution in [1.82, 2.24) is 10.2 Å². The van der Waals surface area contributed by atoms with Crippen LogP contribution in [-0.2, 0) is 9.59 Å². The van der Waals surface area contributed by atoms with E-state index < -0.39 is 0 Å². The fourth-order valence-electron chi connectivity index (χ4n) is 1.41. The summed E-state index contributed by atoms with van der Waals surface area (Å²) in [5, 5.41) is 2.66. The fraction of sp³-hybridized carbons (Fsp3) is 0.714. The number of carbonyl (C=O) groups excluding carboxylic acids is 2. The monoisotopic (exact) mass is 156 g/mol. The van der Waals surface area contributed by atoms with Crippen molar-refractivity contribution in [3.05, 3.63) is 0 Å². The number of aldehydes is 1. The van der Waals surface area contributed by atoms with Gasteiger partial charge in [0.2, 0.25) is 6.41 Å². The molecule has 0 aromatic rings. The Balaban J connectivity index is 2.42. The molecule has 1 fully saturated rings. The van der Waals surface area contributed by atoms with Crippen LogP contribution in [0.2, 0.25) is 0 Å². The second-order valence-corrected chi connectivity index (χ2v) is 2.86. The minimum absolute atomic E-state index is 0.0209. The topological polar surface area (TPSA) is 49.4 Å². The van der Waals surface area contributed by atoms with E-state index in [9.17, 15) is 9.59 Å². The molecular weight excluding hydrogens is 144 g/mol. The molecule has 0 radical (unpaired) electrons. The SMILES string of the molecule is CN1CC(NC=O)CC1C=O. The van der Waals surface area contributed by atoms with Crippen LogP contribution in [0, 0.1) is 0 Å². The summed E-state index contributed by atoms with van der Waals surface area (Å²) in [5.41, 5.74) is 0. The number of likely N-dealkylation sites (N-methyl/N-ethyl adjacent to an activating group) is 1. The molecule has 1 heterocycles. The molecule has 2 atom stereocenters. The molecule has 11 heavy (non-hydrogen) atoms. The first-order valence-electron chi connectivity index (χ1n) is 3.63. The standard InChI is InChI=1S/C7H12N2O2/c1-9-3-6(8-5-11)2-7(9)4-10/h4-7H,2-3H2,1H3,(H,8,11). The first-order valence-corrected chi connectivity index (χ1v) is 3.63. The van der Waals surface area contributed by atoms with Gasteiger partial charge in [-0.25, -0.2) is 0 Å². The van der Waals surface area contributed by atoms with Crippen LogP contribution in [0.4, 0.5) is 0 Å². The molecule has 2 unspecified atom stereocenters. The van der Waals surface area contributed by atoms with E-state index in [0.29, 0.717) is 6.41 Å². The van der Waals surface area contributed by atoms with Crippen LogP contribution in [0.15, 0.2) is 0 Å². The molecule has 0 saturated carbocycles. The van der Waals surface area contributed by atoms with E-state index in [0.717, 1.165) is 19.3 Å². The van der Waals surface area contributed by atoms with Gasteiger partial charge in [0.15, 0.2) is 0 Å². The van der Waals surface area contributed by atoms with Crippen molar-refractivity contribution >= 4 is 12.7 Å². The number of hydrogen-bond acceptors (Lipinski definition) is 3. The zero-order valence-corrected chi connectivity index (χ0v) is 6.49. The minimum Gasteiger partial charge on any atom is -0.355 e. The number of nitrogens with zero attached hydrogens (tertiary/aromatic N) is 1. The van der Waals surface area contributed by atoms with Gasteiger partial charge in [-0.15, -0.1) is 0 Å². The maximum absolute atomic E-state index is 10.4. The molecule has 0 aliphatic carbocycles. The van der Waals surface area contributed by atoms with Crippen LogP contribution in [0.25, 0.3) is 0 Å². The third-order valence-corrected chi connectivity index (χ3v) is 2.06. The average Bonchev–Trinajstić information content (AvgIpc) is 2.32. The smallest absolute Gasteiger partial charge is 0.207 e. The Morgan fingerprint density at radius 1 is 1.55 bits per heavy atom. The molecule has 1 N–H and O–H groups in total. The van der Waals surface area contributed by atoms with E-state index in [1.54, 1.807) is 0 Å². The van der Waals surface area contributed by atoms with Crippen LogP contribution in [0.3, 0.4) is 0 Å². The minimum atomic E-state index is -0.0209. The van der Waals surface area contributed by atoms with E-state index in [-0.39, 0.29) is 12.1 Å². The molecule has 1 aliphatic heterocycles. The Hall–Kier alpha value is -0.900. The summed E-state index contributed by atoms with van der Waals surface area (Å²) in [6, 6.07) is 0.125. The summed E-state index contributed by atoms with van der Waals surface area (Å²) in [5.74, 6) is 0. The van der Waals surface area contributed by atoms with E-state index >= 15 is 0 Å². The number of rotatable bonds is 3. The van der Waals surface area contributed by atoms with Gasteiger partial charge in [-0.3, -0.25) is 9.69 Å². The molecule has 4 heteroatoms. The number of likely N-dealkylation sites (tertiary alicyclic amines) is 1. The van der Waals surface area contributed by atoms with Crippen molar-refractivity contribution in [3.8, 4) is 0 Å². The molecule has 1 saturated heterocycles. The van der Waals surface area contributed by atoms with Crippen LogP contribution in [-0.4, -0.2) is 43.3 Å². The Labute approximate surface area is 65.6 Å². The van der Waals surface area contributed by atoms with Crippen LogP contribution < -0.4 is 5.32 Å². The lowest BCUT2D eigenvalue weighted by atomic mass is 10.2. The lowest BCUT2D eigenvalue weighted by molar-refractivity contribution is -0.111. The fourth-order valence-corrected chi connectivity index (χ4v) is 1.41. The van der Waals surface area contributed by atoms with Crippen molar-refractivity contribution in [2.24, 2.45) is 0 Å². The summed E-state index contributed by atoms with van der Waals surface area (Å²) in [7, 11) is 1.88. The number of carbonyl (C=O) groups is 2. The second-order valence-electron chi connectivity index (χ2n) is 2.86. The van der Waals surface area contributed by atoms with Gasteiger partial charge < -0.3 is 10.1 Å². The highest BCUT2D eigenvalue weighted by Crippen LogP contribution is 2.12. The van der Waals surface area contributed by atoms with E-state index in [4.69, 9.17) is 0 Å². The van der Waals surface area contributed by atoms with Gasteiger partial charge in [0.25, 0.3) is 0 Å². The average molecular weight is 156 g/mol. The summed E-state index contributed by atoms with van der Waals surface area (Å²) >= 11 is 0. The zero-order valence-electron chi connectivity index (χ0n) is 6.49. The molecular formula is C7H12N2O2. The molecule has 62 valence electrons. The summed E-state index contributed by atoms with van der Waals surface area (Å²) in [4.78, 5) is 22.4. The maximum atomic E-state index is 10.4. The molecule has 1 amide bonds. The molecule has 1 aliphatic rings. The number of amides is 1. The van der Waals surface area contributed by atoms with Gasteiger partial charge in [-0.05, 0) is 13.5 Å². The third-order valence-electron chi connectivity index (χ3n) is 2.06. The predicted octanol–water partition coefficient (Wildman–Crippen LogP) is -0.996. The largest absolute Gasteiger partial charge is 0.355 e. The van der Waals surface area contributed by atoms with Crippen molar-refractivity contribution in [2.75, 3.05) is 13.6 Å². The second kappa shape index (κ2) is 3.48. The van der Waals surface area contributed by atoms with E-state index in [2.05, 4.69) is 5.32 Å². The van der Waals surface area contributed by atoms with Crippen molar-refractivity contribution < 1.29 is 9.59 Å². The molecule has 0 aromatic carbocycles. The summed E-state index contributed by atoms with van der Waals surface area (Å²) in [6.45, 7) is 0.766. The van der Waals surface area contributed by atoms with Crippen LogP contribution in [0.5, 0.6) is 0 Å². The number of nitrogens with one attached hydrogen (secondary N) is 1. The molecule has 1 rings (SSSR count). The van der Waals surface area contributed by atoms with Crippen LogP contribution in [0.1, 0.15) is 6.42 Å². The molecule has 0 bridgehead atoms. The Morgan fingerprint density at radius 2 is 2.27 bits per heavy atom. The molecule has 0 spiro atoms. The lowest BCUT2D eigenvalue weighted by Crippen LogP contribution is -2.30. The highest BCUT2D eigenvalue weighted by Gasteiger charge is 2.28. The van der Waals surface area contributed by atoms with E-state index in [1.807, 2.05) is 11.9 Å². The van der Waals surface area contributed by atoms with Gasteiger partial charge >= 0.3 is 0 Å². The summed E-state index contributed by atoms with van der Waals surface area (Å²) in [6.07, 6.45) is 2.34. The Bertz CT molecular complexity index is 161. The lowest BCUT2D eigenvalue weighted by Gasteiger charge is -2.11. The highest BCUT2D eigenvalue weighted by atomic mass is 16.1. The Kier molecular flexibility index (Phi) is 2.59. The third kappa shape index (κ3) is 1.77. The van der Waals surface area contributed by atoms with E-state index in [1.165, 1.54) is 0 Å². The van der Waals surface area contributed by atoms with Gasteiger partial charge in [0.1, 0.15) is 6.29 Å². The quantitative estimate of drug-likeness (QED) is 0.533.